The number of aryl methyl sites for hydroxylation is 1. The summed E-state index contributed by atoms with van der Waals surface area (Å²) < 4.78 is 0. The number of pyridine rings is 1. The van der Waals surface area contributed by atoms with Crippen molar-refractivity contribution in [1.82, 2.24) is 4.98 Å². The molecule has 0 bridgehead atoms. The van der Waals surface area contributed by atoms with E-state index in [1.165, 1.54) is 5.56 Å². The molecule has 0 saturated heterocycles. The van der Waals surface area contributed by atoms with E-state index in [1.807, 2.05) is 55.5 Å². The Morgan fingerprint density at radius 2 is 1.80 bits per heavy atom. The second kappa shape index (κ2) is 5.02. The molecule has 0 aliphatic heterocycles. The molecule has 96 valence electrons. The van der Waals surface area contributed by atoms with Gasteiger partial charge >= 0.3 is 0 Å². The van der Waals surface area contributed by atoms with Crippen LogP contribution in [0.3, 0.4) is 0 Å². The normalized spacial score (nSPS) is 10.2. The maximum Gasteiger partial charge on any atom is 0.132 e. The Hall–Kier alpha value is -2.86. The second-order valence-electron chi connectivity index (χ2n) is 4.68. The van der Waals surface area contributed by atoms with Crippen molar-refractivity contribution in [3.8, 4) is 6.07 Å². The van der Waals surface area contributed by atoms with E-state index in [0.29, 0.717) is 11.4 Å². The van der Waals surface area contributed by atoms with Crippen molar-refractivity contribution in [2.24, 2.45) is 0 Å². The fourth-order valence-corrected chi connectivity index (χ4v) is 2.12. The molecule has 3 aromatic rings. The minimum Gasteiger partial charge on any atom is -0.340 e. The second-order valence-corrected chi connectivity index (χ2v) is 4.68. The van der Waals surface area contributed by atoms with Crippen LogP contribution in [-0.2, 0) is 0 Å². The standard InChI is InChI=1S/C17H13N3/c1-12-6-8-14(9-7-12)19-17-10-13(11-18)15-4-2-3-5-16(15)20-17/h2-10H,1H3,(H,19,20). The quantitative estimate of drug-likeness (QED) is 0.751. The van der Waals surface area contributed by atoms with Crippen molar-refractivity contribution < 1.29 is 0 Å². The van der Waals surface area contributed by atoms with Crippen LogP contribution in [0.5, 0.6) is 0 Å². The predicted octanol–water partition coefficient (Wildman–Crippen LogP) is 4.16. The van der Waals surface area contributed by atoms with E-state index in [0.717, 1.165) is 16.6 Å². The highest BCUT2D eigenvalue weighted by atomic mass is 15.0. The van der Waals surface area contributed by atoms with Crippen LogP contribution in [0.1, 0.15) is 11.1 Å². The number of aromatic nitrogens is 1. The predicted molar refractivity (Wildman–Crippen MR) is 80.9 cm³/mol. The average molecular weight is 259 g/mol. The minimum atomic E-state index is 0.630. The van der Waals surface area contributed by atoms with Gasteiger partial charge in [-0.15, -0.1) is 0 Å². The number of rotatable bonds is 2. The molecule has 0 saturated carbocycles. The molecule has 0 fully saturated rings. The maximum absolute atomic E-state index is 9.26. The monoisotopic (exact) mass is 259 g/mol. The minimum absolute atomic E-state index is 0.630. The summed E-state index contributed by atoms with van der Waals surface area (Å²) in [6, 6.07) is 19.7. The van der Waals surface area contributed by atoms with Crippen molar-refractivity contribution in [1.29, 1.82) is 5.26 Å². The molecule has 0 amide bonds. The first kappa shape index (κ1) is 12.2. The van der Waals surface area contributed by atoms with Crippen molar-refractivity contribution in [3.63, 3.8) is 0 Å². The Bertz CT molecular complexity index is 799. The van der Waals surface area contributed by atoms with Gasteiger partial charge in [0.25, 0.3) is 0 Å². The Labute approximate surface area is 117 Å². The molecule has 20 heavy (non-hydrogen) atoms. The van der Waals surface area contributed by atoms with Gasteiger partial charge in [0.1, 0.15) is 5.82 Å². The number of hydrogen-bond acceptors (Lipinski definition) is 3. The van der Waals surface area contributed by atoms with Crippen LogP contribution in [0, 0.1) is 18.3 Å². The topological polar surface area (TPSA) is 48.7 Å². The lowest BCUT2D eigenvalue weighted by Crippen LogP contribution is -1.95. The molecule has 1 aromatic heterocycles. The summed E-state index contributed by atoms with van der Waals surface area (Å²) in [5, 5.41) is 13.4. The van der Waals surface area contributed by atoms with Crippen molar-refractivity contribution in [2.45, 2.75) is 6.92 Å². The third-order valence-corrected chi connectivity index (χ3v) is 3.16. The number of nitriles is 1. The zero-order valence-corrected chi connectivity index (χ0v) is 11.1. The number of fused-ring (bicyclic) bond motifs is 1. The van der Waals surface area contributed by atoms with Crippen LogP contribution in [0.4, 0.5) is 11.5 Å². The zero-order chi connectivity index (χ0) is 13.9. The van der Waals surface area contributed by atoms with Gasteiger partial charge in [-0.3, -0.25) is 0 Å². The fourth-order valence-electron chi connectivity index (χ4n) is 2.12. The van der Waals surface area contributed by atoms with Crippen LogP contribution >= 0.6 is 0 Å². The molecule has 0 radical (unpaired) electrons. The van der Waals surface area contributed by atoms with Crippen molar-refractivity contribution >= 4 is 22.4 Å². The highest BCUT2D eigenvalue weighted by molar-refractivity contribution is 5.86. The number of nitrogens with zero attached hydrogens (tertiary/aromatic N) is 2. The summed E-state index contributed by atoms with van der Waals surface area (Å²) in [5.74, 6) is 0.684. The molecule has 1 N–H and O–H groups in total. The molecule has 2 aromatic carbocycles. The number of nitrogens with one attached hydrogen (secondary N) is 1. The lowest BCUT2D eigenvalue weighted by atomic mass is 10.1. The van der Waals surface area contributed by atoms with Crippen LogP contribution in [0.15, 0.2) is 54.6 Å². The summed E-state index contributed by atoms with van der Waals surface area (Å²) in [5.41, 5.74) is 3.62. The van der Waals surface area contributed by atoms with E-state index in [-0.39, 0.29) is 0 Å². The SMILES string of the molecule is Cc1ccc(Nc2cc(C#N)c3ccccc3n2)cc1. The molecule has 0 unspecified atom stereocenters. The number of para-hydroxylation sites is 1. The van der Waals surface area contributed by atoms with Gasteiger partial charge < -0.3 is 5.32 Å². The van der Waals surface area contributed by atoms with Gasteiger partial charge in [0.15, 0.2) is 0 Å². The Balaban J connectivity index is 2.04. The van der Waals surface area contributed by atoms with Crippen molar-refractivity contribution in [2.75, 3.05) is 5.32 Å². The summed E-state index contributed by atoms with van der Waals surface area (Å²) in [6.45, 7) is 2.05. The smallest absolute Gasteiger partial charge is 0.132 e. The molecular weight excluding hydrogens is 246 g/mol. The Morgan fingerprint density at radius 3 is 2.55 bits per heavy atom. The van der Waals surface area contributed by atoms with Gasteiger partial charge in [0.05, 0.1) is 17.1 Å². The molecule has 1 heterocycles. The third kappa shape index (κ3) is 2.32. The van der Waals surface area contributed by atoms with Crippen LogP contribution in [0.25, 0.3) is 10.9 Å². The summed E-state index contributed by atoms with van der Waals surface area (Å²) >= 11 is 0. The summed E-state index contributed by atoms with van der Waals surface area (Å²) in [4.78, 5) is 4.54. The summed E-state index contributed by atoms with van der Waals surface area (Å²) in [6.07, 6.45) is 0. The maximum atomic E-state index is 9.26. The summed E-state index contributed by atoms with van der Waals surface area (Å²) in [7, 11) is 0. The van der Waals surface area contributed by atoms with E-state index >= 15 is 0 Å². The zero-order valence-electron chi connectivity index (χ0n) is 11.1. The van der Waals surface area contributed by atoms with Crippen LogP contribution < -0.4 is 5.32 Å². The highest BCUT2D eigenvalue weighted by Gasteiger charge is 2.05. The first-order valence-corrected chi connectivity index (χ1v) is 6.40. The van der Waals surface area contributed by atoms with Gasteiger partial charge in [-0.2, -0.15) is 5.26 Å². The molecule has 0 aliphatic rings. The van der Waals surface area contributed by atoms with Gasteiger partial charge in [-0.05, 0) is 31.2 Å². The van der Waals surface area contributed by atoms with E-state index in [2.05, 4.69) is 16.4 Å². The third-order valence-electron chi connectivity index (χ3n) is 3.16. The number of hydrogen-bond donors (Lipinski definition) is 1. The van der Waals surface area contributed by atoms with E-state index < -0.39 is 0 Å². The Morgan fingerprint density at radius 1 is 1.05 bits per heavy atom. The van der Waals surface area contributed by atoms with Crippen LogP contribution in [0.2, 0.25) is 0 Å². The van der Waals surface area contributed by atoms with Gasteiger partial charge in [-0.1, -0.05) is 35.9 Å². The molecular formula is C17H13N3. The Kier molecular flexibility index (Phi) is 3.06. The van der Waals surface area contributed by atoms with Crippen molar-refractivity contribution in [3.05, 3.63) is 65.7 Å². The molecule has 3 heteroatoms. The van der Waals surface area contributed by atoms with E-state index in [9.17, 15) is 5.26 Å². The molecule has 3 nitrogen and oxygen atoms in total. The first-order valence-electron chi connectivity index (χ1n) is 6.40. The number of anilines is 2. The van der Waals surface area contributed by atoms with Gasteiger partial charge in [0.2, 0.25) is 0 Å². The lowest BCUT2D eigenvalue weighted by Gasteiger charge is -2.08. The first-order chi connectivity index (χ1) is 9.76. The van der Waals surface area contributed by atoms with Gasteiger partial charge in [0, 0.05) is 11.1 Å². The van der Waals surface area contributed by atoms with Gasteiger partial charge in [-0.25, -0.2) is 4.98 Å². The highest BCUT2D eigenvalue weighted by Crippen LogP contribution is 2.22. The molecule has 3 rings (SSSR count). The average Bonchev–Trinajstić information content (AvgIpc) is 2.49. The van der Waals surface area contributed by atoms with E-state index in [4.69, 9.17) is 0 Å². The largest absolute Gasteiger partial charge is 0.340 e. The molecule has 0 spiro atoms. The fraction of sp³-hybridized carbons (Fsp3) is 0.0588. The lowest BCUT2D eigenvalue weighted by molar-refractivity contribution is 1.35. The van der Waals surface area contributed by atoms with Crippen LogP contribution in [-0.4, -0.2) is 4.98 Å². The molecule has 0 aliphatic carbocycles. The molecule has 0 atom stereocenters. The number of benzene rings is 2. The van der Waals surface area contributed by atoms with E-state index in [1.54, 1.807) is 6.07 Å².